The molecule has 0 spiro atoms. The van der Waals surface area contributed by atoms with Gasteiger partial charge >= 0.3 is 0 Å². The minimum absolute atomic E-state index is 0.369. The Balaban J connectivity index is 2.33. The SMILES string of the molecule is CC(C)CC(CN(C)C)Nc1c(N)cnc2ccccc12. The molecule has 0 saturated carbocycles. The third-order valence-electron chi connectivity index (χ3n) is 3.49. The number of nitrogen functional groups attached to an aromatic ring is 1. The summed E-state index contributed by atoms with van der Waals surface area (Å²) in [5.74, 6) is 0.636. The normalized spacial score (nSPS) is 13.0. The Morgan fingerprint density at radius 2 is 1.95 bits per heavy atom. The lowest BCUT2D eigenvalue weighted by atomic mass is 10.0. The lowest BCUT2D eigenvalue weighted by Crippen LogP contribution is -2.33. The van der Waals surface area contributed by atoms with Gasteiger partial charge in [0.2, 0.25) is 0 Å². The molecule has 1 aromatic heterocycles. The molecule has 2 aromatic rings. The van der Waals surface area contributed by atoms with E-state index in [9.17, 15) is 0 Å². The summed E-state index contributed by atoms with van der Waals surface area (Å²) in [6.45, 7) is 5.48. The van der Waals surface area contributed by atoms with Gasteiger partial charge in [-0.3, -0.25) is 4.98 Å². The van der Waals surface area contributed by atoms with E-state index in [-0.39, 0.29) is 0 Å². The van der Waals surface area contributed by atoms with Crippen molar-refractivity contribution in [3.05, 3.63) is 30.5 Å². The second-order valence-corrected chi connectivity index (χ2v) is 6.34. The van der Waals surface area contributed by atoms with Crippen LogP contribution in [0, 0.1) is 5.92 Å². The first kappa shape index (κ1) is 15.6. The first-order valence-electron chi connectivity index (χ1n) is 7.52. The highest BCUT2D eigenvalue weighted by Crippen LogP contribution is 2.29. The van der Waals surface area contributed by atoms with E-state index in [1.54, 1.807) is 6.20 Å². The van der Waals surface area contributed by atoms with Crippen LogP contribution in [0.2, 0.25) is 0 Å². The zero-order valence-corrected chi connectivity index (χ0v) is 13.4. The van der Waals surface area contributed by atoms with Gasteiger partial charge in [-0.25, -0.2) is 0 Å². The van der Waals surface area contributed by atoms with Crippen molar-refractivity contribution in [3.8, 4) is 0 Å². The molecule has 21 heavy (non-hydrogen) atoms. The summed E-state index contributed by atoms with van der Waals surface area (Å²) >= 11 is 0. The van der Waals surface area contributed by atoms with Crippen molar-refractivity contribution >= 4 is 22.3 Å². The maximum absolute atomic E-state index is 6.16. The molecule has 0 aliphatic rings. The van der Waals surface area contributed by atoms with Gasteiger partial charge < -0.3 is 16.0 Å². The van der Waals surface area contributed by atoms with Crippen molar-refractivity contribution in [2.45, 2.75) is 26.3 Å². The van der Waals surface area contributed by atoms with E-state index >= 15 is 0 Å². The Hall–Kier alpha value is -1.81. The molecule has 1 heterocycles. The number of nitrogens with two attached hydrogens (primary N) is 1. The van der Waals surface area contributed by atoms with Crippen LogP contribution in [0.5, 0.6) is 0 Å². The Bertz CT molecular complexity index is 582. The first-order chi connectivity index (χ1) is 9.97. The van der Waals surface area contributed by atoms with Crippen LogP contribution in [-0.4, -0.2) is 36.6 Å². The maximum atomic E-state index is 6.16. The summed E-state index contributed by atoms with van der Waals surface area (Å²) < 4.78 is 0. The number of anilines is 2. The molecule has 114 valence electrons. The molecule has 3 N–H and O–H groups in total. The number of nitrogens with zero attached hydrogens (tertiary/aromatic N) is 2. The van der Waals surface area contributed by atoms with Crippen molar-refractivity contribution in [1.82, 2.24) is 9.88 Å². The van der Waals surface area contributed by atoms with Gasteiger partial charge in [0, 0.05) is 18.0 Å². The van der Waals surface area contributed by atoms with Crippen LogP contribution in [-0.2, 0) is 0 Å². The zero-order chi connectivity index (χ0) is 15.4. The molecule has 0 bridgehead atoms. The summed E-state index contributed by atoms with van der Waals surface area (Å²) in [4.78, 5) is 6.60. The largest absolute Gasteiger partial charge is 0.396 e. The molecular formula is C17H26N4. The molecule has 1 unspecified atom stereocenters. The number of likely N-dealkylation sites (N-methyl/N-ethyl adjacent to an activating group) is 1. The second-order valence-electron chi connectivity index (χ2n) is 6.34. The zero-order valence-electron chi connectivity index (χ0n) is 13.4. The Labute approximate surface area is 127 Å². The van der Waals surface area contributed by atoms with Crippen molar-refractivity contribution in [3.63, 3.8) is 0 Å². The van der Waals surface area contributed by atoms with Crippen molar-refractivity contribution in [2.75, 3.05) is 31.7 Å². The minimum Gasteiger partial charge on any atom is -0.396 e. The number of benzene rings is 1. The van der Waals surface area contributed by atoms with Crippen LogP contribution in [0.15, 0.2) is 30.5 Å². The predicted molar refractivity (Wildman–Crippen MR) is 91.6 cm³/mol. The third-order valence-corrected chi connectivity index (χ3v) is 3.49. The monoisotopic (exact) mass is 286 g/mol. The lowest BCUT2D eigenvalue weighted by molar-refractivity contribution is 0.356. The fourth-order valence-corrected chi connectivity index (χ4v) is 2.71. The van der Waals surface area contributed by atoms with Gasteiger partial charge in [0.05, 0.1) is 23.1 Å². The molecule has 0 fully saturated rings. The van der Waals surface area contributed by atoms with E-state index in [1.807, 2.05) is 18.2 Å². The van der Waals surface area contributed by atoms with Gasteiger partial charge in [0.1, 0.15) is 0 Å². The summed E-state index contributed by atoms with van der Waals surface area (Å²) in [6, 6.07) is 8.48. The van der Waals surface area contributed by atoms with Gasteiger partial charge in [-0.15, -0.1) is 0 Å². The van der Waals surface area contributed by atoms with E-state index in [0.717, 1.165) is 29.6 Å². The number of fused-ring (bicyclic) bond motifs is 1. The molecular weight excluding hydrogens is 260 g/mol. The van der Waals surface area contributed by atoms with E-state index in [4.69, 9.17) is 5.73 Å². The van der Waals surface area contributed by atoms with Gasteiger partial charge in [-0.2, -0.15) is 0 Å². The maximum Gasteiger partial charge on any atom is 0.0743 e. The Morgan fingerprint density at radius 1 is 1.24 bits per heavy atom. The number of pyridine rings is 1. The van der Waals surface area contributed by atoms with Crippen LogP contribution < -0.4 is 11.1 Å². The fraction of sp³-hybridized carbons (Fsp3) is 0.471. The second kappa shape index (κ2) is 6.76. The fourth-order valence-electron chi connectivity index (χ4n) is 2.71. The minimum atomic E-state index is 0.369. The van der Waals surface area contributed by atoms with E-state index < -0.39 is 0 Å². The van der Waals surface area contributed by atoms with E-state index in [1.165, 1.54) is 0 Å². The van der Waals surface area contributed by atoms with Gasteiger partial charge in [-0.1, -0.05) is 32.0 Å². The standard InChI is InChI=1S/C17H26N4/c1-12(2)9-13(11-21(3)4)20-17-14-7-5-6-8-16(14)19-10-15(17)18/h5-8,10,12-13H,9,11,18H2,1-4H3,(H,19,20). The lowest BCUT2D eigenvalue weighted by Gasteiger charge is -2.26. The highest BCUT2D eigenvalue weighted by atomic mass is 15.1. The molecule has 0 radical (unpaired) electrons. The van der Waals surface area contributed by atoms with Crippen LogP contribution >= 0.6 is 0 Å². The first-order valence-corrected chi connectivity index (χ1v) is 7.52. The highest BCUT2D eigenvalue weighted by molar-refractivity contribution is 5.96. The number of para-hydroxylation sites is 1. The van der Waals surface area contributed by atoms with Crippen LogP contribution in [0.25, 0.3) is 10.9 Å². The van der Waals surface area contributed by atoms with Crippen LogP contribution in [0.4, 0.5) is 11.4 Å². The van der Waals surface area contributed by atoms with Gasteiger partial charge in [0.25, 0.3) is 0 Å². The number of hydrogen-bond acceptors (Lipinski definition) is 4. The highest BCUT2D eigenvalue weighted by Gasteiger charge is 2.15. The van der Waals surface area contributed by atoms with E-state index in [0.29, 0.717) is 17.6 Å². The smallest absolute Gasteiger partial charge is 0.0743 e. The average molecular weight is 286 g/mol. The van der Waals surface area contributed by atoms with Gasteiger partial charge in [0.15, 0.2) is 0 Å². The van der Waals surface area contributed by atoms with E-state index in [2.05, 4.69) is 49.2 Å². The summed E-state index contributed by atoms with van der Waals surface area (Å²) in [5.41, 5.74) is 8.85. The number of hydrogen-bond donors (Lipinski definition) is 2. The molecule has 1 atom stereocenters. The quantitative estimate of drug-likeness (QED) is 0.856. The van der Waals surface area contributed by atoms with Crippen molar-refractivity contribution in [1.29, 1.82) is 0 Å². The number of nitrogens with one attached hydrogen (secondary N) is 1. The van der Waals surface area contributed by atoms with Crippen LogP contribution in [0.1, 0.15) is 20.3 Å². The summed E-state index contributed by atoms with van der Waals surface area (Å²) in [7, 11) is 4.20. The van der Waals surface area contributed by atoms with Crippen molar-refractivity contribution in [2.24, 2.45) is 5.92 Å². The molecule has 2 rings (SSSR count). The van der Waals surface area contributed by atoms with Gasteiger partial charge in [-0.05, 0) is 32.5 Å². The summed E-state index contributed by atoms with van der Waals surface area (Å²) in [5, 5.41) is 4.73. The molecule has 0 saturated heterocycles. The van der Waals surface area contributed by atoms with Crippen LogP contribution in [0.3, 0.4) is 0 Å². The summed E-state index contributed by atoms with van der Waals surface area (Å²) in [6.07, 6.45) is 2.85. The topological polar surface area (TPSA) is 54.2 Å². The Morgan fingerprint density at radius 3 is 2.62 bits per heavy atom. The molecule has 1 aromatic carbocycles. The third kappa shape index (κ3) is 4.08. The molecule has 0 amide bonds. The molecule has 0 aliphatic heterocycles. The molecule has 4 nitrogen and oxygen atoms in total. The number of aromatic nitrogens is 1. The predicted octanol–water partition coefficient (Wildman–Crippen LogP) is 3.21. The molecule has 0 aliphatic carbocycles. The van der Waals surface area contributed by atoms with Crippen molar-refractivity contribution < 1.29 is 0 Å². The number of rotatable bonds is 6. The Kier molecular flexibility index (Phi) is 5.02. The average Bonchev–Trinajstić information content (AvgIpc) is 2.40. The molecule has 4 heteroatoms.